The number of benzene rings is 4. The van der Waals surface area contributed by atoms with Crippen molar-refractivity contribution < 1.29 is 24.1 Å². The molecule has 4 aromatic carbocycles. The Balaban J connectivity index is 1.43. The average Bonchev–Trinajstić information content (AvgIpc) is 3.02. The highest BCUT2D eigenvalue weighted by molar-refractivity contribution is 6.30. The zero-order chi connectivity index (χ0) is 27.6. The van der Waals surface area contributed by atoms with Gasteiger partial charge in [0.2, 0.25) is 0 Å². The third-order valence-corrected chi connectivity index (χ3v) is 7.14. The van der Waals surface area contributed by atoms with E-state index < -0.39 is 24.4 Å². The molecule has 5 rings (SSSR count). The van der Waals surface area contributed by atoms with Crippen molar-refractivity contribution >= 4 is 11.6 Å². The molecule has 1 aliphatic heterocycles. The van der Waals surface area contributed by atoms with Crippen molar-refractivity contribution in [1.29, 1.82) is 0 Å². The van der Waals surface area contributed by atoms with Crippen LogP contribution in [0.5, 0.6) is 0 Å². The zero-order valence-electron chi connectivity index (χ0n) is 22.1. The highest BCUT2D eigenvalue weighted by atomic mass is 35.5. The van der Waals surface area contributed by atoms with Gasteiger partial charge in [-0.3, -0.25) is 0 Å². The lowest BCUT2D eigenvalue weighted by Crippen LogP contribution is -2.49. The monoisotopic (exact) mass is 556 g/mol. The van der Waals surface area contributed by atoms with Crippen LogP contribution in [0.15, 0.2) is 132 Å². The number of hydrogen-bond donors (Lipinski definition) is 1. The number of aliphatic hydroxyl groups is 1. The van der Waals surface area contributed by atoms with Crippen LogP contribution in [0.3, 0.4) is 0 Å². The van der Waals surface area contributed by atoms with E-state index in [4.69, 9.17) is 30.5 Å². The predicted octanol–water partition coefficient (Wildman–Crippen LogP) is 6.96. The molecule has 0 aromatic heterocycles. The summed E-state index contributed by atoms with van der Waals surface area (Å²) in [6, 6.07) is 39.1. The first-order valence-corrected chi connectivity index (χ1v) is 13.8. The largest absolute Gasteiger partial charge is 0.485 e. The summed E-state index contributed by atoms with van der Waals surface area (Å²) in [5.74, 6) is 0.249. The normalized spacial score (nSPS) is 19.7. The highest BCUT2D eigenvalue weighted by Gasteiger charge is 2.43. The molecule has 0 saturated heterocycles. The molecule has 0 fully saturated rings. The van der Waals surface area contributed by atoms with Crippen LogP contribution >= 0.6 is 11.6 Å². The molecule has 40 heavy (non-hydrogen) atoms. The lowest BCUT2D eigenvalue weighted by atomic mass is 9.99. The van der Waals surface area contributed by atoms with Crippen molar-refractivity contribution in [2.45, 2.75) is 44.2 Å². The molecule has 5 nitrogen and oxygen atoms in total. The van der Waals surface area contributed by atoms with E-state index in [2.05, 4.69) is 0 Å². The van der Waals surface area contributed by atoms with Gasteiger partial charge in [0.1, 0.15) is 24.1 Å². The Labute approximate surface area is 240 Å². The van der Waals surface area contributed by atoms with Crippen molar-refractivity contribution in [3.05, 3.63) is 154 Å². The Bertz CT molecular complexity index is 1330. The summed E-state index contributed by atoms with van der Waals surface area (Å²) in [6.45, 7) is 1.29. The molecule has 0 radical (unpaired) electrons. The van der Waals surface area contributed by atoms with Gasteiger partial charge in [-0.15, -0.1) is 0 Å². The minimum absolute atomic E-state index is 0.217. The molecule has 0 spiro atoms. The second kappa shape index (κ2) is 14.3. The third-order valence-electron chi connectivity index (χ3n) is 6.74. The Morgan fingerprint density at radius 1 is 0.650 bits per heavy atom. The molecule has 0 saturated carbocycles. The van der Waals surface area contributed by atoms with Crippen molar-refractivity contribution in [2.24, 2.45) is 0 Å². The fourth-order valence-electron chi connectivity index (χ4n) is 4.63. The van der Waals surface area contributed by atoms with Crippen molar-refractivity contribution in [3.63, 3.8) is 0 Å². The molecule has 4 aromatic rings. The van der Waals surface area contributed by atoms with Gasteiger partial charge in [0.25, 0.3) is 0 Å². The highest BCUT2D eigenvalue weighted by Crippen LogP contribution is 2.38. The lowest BCUT2D eigenvalue weighted by Gasteiger charge is -2.40. The Morgan fingerprint density at radius 2 is 1.12 bits per heavy atom. The van der Waals surface area contributed by atoms with Crippen LogP contribution in [-0.2, 0) is 38.8 Å². The molecule has 4 atom stereocenters. The van der Waals surface area contributed by atoms with Gasteiger partial charge < -0.3 is 24.1 Å². The average molecular weight is 557 g/mol. The Morgan fingerprint density at radius 3 is 1.68 bits per heavy atom. The molecule has 1 unspecified atom stereocenters. The quantitative estimate of drug-likeness (QED) is 0.204. The minimum Gasteiger partial charge on any atom is -0.485 e. The van der Waals surface area contributed by atoms with E-state index in [-0.39, 0.29) is 17.4 Å². The summed E-state index contributed by atoms with van der Waals surface area (Å²) >= 11 is 6.98. The first kappa shape index (κ1) is 28.1. The molecule has 1 N–H and O–H groups in total. The maximum absolute atomic E-state index is 11.3. The van der Waals surface area contributed by atoms with Gasteiger partial charge in [0.15, 0.2) is 6.10 Å². The maximum Gasteiger partial charge on any atom is 0.151 e. The van der Waals surface area contributed by atoms with E-state index in [1.165, 1.54) is 0 Å². The standard InChI is InChI=1S/C34H33ClO5/c35-30-33(31(36)28-19-11-4-12-20-28)40-29(24-37-21-25-13-5-1-6-14-25)32(38-22-26-15-7-2-8-16-26)34(30)39-23-27-17-9-3-10-18-27/h1-20,29,31-32,34,36H,21-24H2/t29-,31?,32-,34-/m1/s1. The predicted molar refractivity (Wildman–Crippen MR) is 155 cm³/mol. The number of halogens is 1. The summed E-state index contributed by atoms with van der Waals surface area (Å²) in [5, 5.41) is 11.6. The fraction of sp³-hybridized carbons (Fsp3) is 0.235. The molecule has 0 aliphatic carbocycles. The molecular formula is C34H33ClO5. The van der Waals surface area contributed by atoms with Crippen molar-refractivity contribution in [3.8, 4) is 0 Å². The van der Waals surface area contributed by atoms with Crippen molar-refractivity contribution in [2.75, 3.05) is 6.61 Å². The van der Waals surface area contributed by atoms with Gasteiger partial charge in [0, 0.05) is 0 Å². The van der Waals surface area contributed by atoms with Crippen molar-refractivity contribution in [1.82, 2.24) is 0 Å². The summed E-state index contributed by atoms with van der Waals surface area (Å²) in [7, 11) is 0. The molecule has 1 aliphatic rings. The Hall–Kier alpha value is -3.45. The van der Waals surface area contributed by atoms with Gasteiger partial charge in [-0.2, -0.15) is 0 Å². The molecule has 6 heteroatoms. The van der Waals surface area contributed by atoms with Gasteiger partial charge in [-0.25, -0.2) is 0 Å². The van der Waals surface area contributed by atoms with E-state index >= 15 is 0 Å². The van der Waals surface area contributed by atoms with E-state index in [9.17, 15) is 5.11 Å². The molecule has 1 heterocycles. The summed E-state index contributed by atoms with van der Waals surface area (Å²) < 4.78 is 25.4. The SMILES string of the molecule is OC(C1=C(Cl)[C@@H](OCc2ccccc2)[C@H](OCc2ccccc2)[C@@H](COCc2ccccc2)O1)c1ccccc1. The van der Waals surface area contributed by atoms with Gasteiger partial charge in [-0.1, -0.05) is 133 Å². The van der Waals surface area contributed by atoms with Gasteiger partial charge in [-0.05, 0) is 22.3 Å². The Kier molecular flexibility index (Phi) is 10.0. The van der Waals surface area contributed by atoms with Crippen LogP contribution in [0.4, 0.5) is 0 Å². The van der Waals surface area contributed by atoms with Gasteiger partial charge >= 0.3 is 0 Å². The van der Waals surface area contributed by atoms with Crippen LogP contribution in [0, 0.1) is 0 Å². The van der Waals surface area contributed by atoms with E-state index in [0.29, 0.717) is 25.4 Å². The molecule has 0 amide bonds. The smallest absolute Gasteiger partial charge is 0.151 e. The van der Waals surface area contributed by atoms with Crippen LogP contribution in [-0.4, -0.2) is 30.0 Å². The van der Waals surface area contributed by atoms with Gasteiger partial charge in [0.05, 0.1) is 31.5 Å². The van der Waals surface area contributed by atoms with E-state index in [0.717, 1.165) is 16.7 Å². The molecular weight excluding hydrogens is 524 g/mol. The lowest BCUT2D eigenvalue weighted by molar-refractivity contribution is -0.162. The second-order valence-electron chi connectivity index (χ2n) is 9.66. The first-order chi connectivity index (χ1) is 19.7. The fourth-order valence-corrected chi connectivity index (χ4v) is 4.97. The summed E-state index contributed by atoms with van der Waals surface area (Å²) in [6.07, 6.45) is -2.91. The topological polar surface area (TPSA) is 57.2 Å². The number of hydrogen-bond acceptors (Lipinski definition) is 5. The first-order valence-electron chi connectivity index (χ1n) is 13.4. The van der Waals surface area contributed by atoms with Crippen LogP contribution in [0.2, 0.25) is 0 Å². The summed E-state index contributed by atoms with van der Waals surface area (Å²) in [4.78, 5) is 0. The number of ether oxygens (including phenoxy) is 4. The third kappa shape index (κ3) is 7.39. The van der Waals surface area contributed by atoms with Crippen LogP contribution < -0.4 is 0 Å². The summed E-state index contributed by atoms with van der Waals surface area (Å²) in [5.41, 5.74) is 3.74. The number of aliphatic hydroxyl groups excluding tert-OH is 1. The van der Waals surface area contributed by atoms with E-state index in [1.807, 2.05) is 121 Å². The second-order valence-corrected chi connectivity index (χ2v) is 10.1. The van der Waals surface area contributed by atoms with Crippen LogP contribution in [0.1, 0.15) is 28.4 Å². The van der Waals surface area contributed by atoms with Crippen LogP contribution in [0.25, 0.3) is 0 Å². The molecule has 0 bridgehead atoms. The maximum atomic E-state index is 11.3. The zero-order valence-corrected chi connectivity index (χ0v) is 22.9. The molecule has 206 valence electrons. The minimum atomic E-state index is -1.07. The number of rotatable bonds is 12. The van der Waals surface area contributed by atoms with E-state index in [1.54, 1.807) is 0 Å².